The molecule has 1 aliphatic heterocycles. The summed E-state index contributed by atoms with van der Waals surface area (Å²) in [6.45, 7) is 7.10. The zero-order chi connectivity index (χ0) is 14.0. The maximum Gasteiger partial charge on any atom is 0.0155 e. The van der Waals surface area contributed by atoms with Crippen LogP contribution in [-0.4, -0.2) is 23.1 Å². The molecule has 1 nitrogen and oxygen atoms in total. The van der Waals surface area contributed by atoms with Gasteiger partial charge in [-0.25, -0.2) is 0 Å². The lowest BCUT2D eigenvalue weighted by molar-refractivity contribution is 0.249. The normalized spacial score (nSPS) is 20.4. The molecule has 1 rings (SSSR count). The van der Waals surface area contributed by atoms with Gasteiger partial charge in [0.05, 0.1) is 0 Å². The Balaban J connectivity index is 2.37. The topological polar surface area (TPSA) is 12.0 Å². The molecule has 1 heterocycles. The Morgan fingerprint density at radius 1 is 0.947 bits per heavy atom. The van der Waals surface area contributed by atoms with E-state index in [0.29, 0.717) is 5.54 Å². The summed E-state index contributed by atoms with van der Waals surface area (Å²) >= 11 is 2.13. The van der Waals surface area contributed by atoms with Crippen LogP contribution in [0.5, 0.6) is 0 Å². The second-order valence-corrected chi connectivity index (χ2v) is 7.73. The minimum atomic E-state index is 0.399. The molecule has 1 N–H and O–H groups in total. The van der Waals surface area contributed by atoms with Gasteiger partial charge >= 0.3 is 0 Å². The molecule has 1 unspecified atom stereocenters. The van der Waals surface area contributed by atoms with E-state index in [-0.39, 0.29) is 0 Å². The summed E-state index contributed by atoms with van der Waals surface area (Å²) in [5.41, 5.74) is 0.399. The van der Waals surface area contributed by atoms with Crippen LogP contribution in [0.1, 0.15) is 85.0 Å². The van der Waals surface area contributed by atoms with Crippen molar-refractivity contribution in [3.05, 3.63) is 0 Å². The van der Waals surface area contributed by atoms with Crippen LogP contribution >= 0.6 is 11.8 Å². The van der Waals surface area contributed by atoms with E-state index in [2.05, 4.69) is 37.8 Å². The molecule has 1 saturated heterocycles. The van der Waals surface area contributed by atoms with E-state index in [9.17, 15) is 0 Å². The van der Waals surface area contributed by atoms with E-state index in [1.165, 1.54) is 75.7 Å². The van der Waals surface area contributed by atoms with Crippen molar-refractivity contribution in [2.75, 3.05) is 11.5 Å². The molecule has 0 saturated carbocycles. The highest BCUT2D eigenvalue weighted by molar-refractivity contribution is 7.99. The summed E-state index contributed by atoms with van der Waals surface area (Å²) < 4.78 is 0. The van der Waals surface area contributed by atoms with Crippen molar-refractivity contribution in [2.24, 2.45) is 0 Å². The van der Waals surface area contributed by atoms with Crippen LogP contribution in [0.2, 0.25) is 0 Å². The van der Waals surface area contributed by atoms with Gasteiger partial charge in [-0.1, -0.05) is 52.4 Å². The molecule has 0 aliphatic carbocycles. The molecule has 0 bridgehead atoms. The molecule has 114 valence electrons. The van der Waals surface area contributed by atoms with Crippen LogP contribution in [0.4, 0.5) is 0 Å². The molecular formula is C17H35NS. The largest absolute Gasteiger partial charge is 0.309 e. The molecule has 0 aromatic carbocycles. The van der Waals surface area contributed by atoms with Crippen molar-refractivity contribution in [1.82, 2.24) is 5.32 Å². The molecule has 1 aliphatic rings. The van der Waals surface area contributed by atoms with E-state index in [0.717, 1.165) is 6.04 Å². The van der Waals surface area contributed by atoms with Gasteiger partial charge in [0, 0.05) is 11.6 Å². The van der Waals surface area contributed by atoms with Gasteiger partial charge in [0.2, 0.25) is 0 Å². The first kappa shape index (κ1) is 17.4. The molecule has 0 spiro atoms. The zero-order valence-electron chi connectivity index (χ0n) is 13.5. The third kappa shape index (κ3) is 7.60. The fourth-order valence-corrected chi connectivity index (χ4v) is 4.22. The fourth-order valence-electron chi connectivity index (χ4n) is 3.11. The highest BCUT2D eigenvalue weighted by Crippen LogP contribution is 2.26. The summed E-state index contributed by atoms with van der Waals surface area (Å²) in [5.74, 6) is 2.72. The Hall–Kier alpha value is 0.310. The van der Waals surface area contributed by atoms with Gasteiger partial charge in [0.15, 0.2) is 0 Å². The van der Waals surface area contributed by atoms with E-state index in [1.54, 1.807) is 0 Å². The molecular weight excluding hydrogens is 250 g/mol. The van der Waals surface area contributed by atoms with Gasteiger partial charge in [0.25, 0.3) is 0 Å². The first-order chi connectivity index (χ1) is 9.20. The smallest absolute Gasteiger partial charge is 0.0155 e. The van der Waals surface area contributed by atoms with Crippen LogP contribution in [0.15, 0.2) is 0 Å². The van der Waals surface area contributed by atoms with Crippen LogP contribution in [0.3, 0.4) is 0 Å². The van der Waals surface area contributed by atoms with E-state index in [1.807, 2.05) is 0 Å². The highest BCUT2D eigenvalue weighted by atomic mass is 32.2. The van der Waals surface area contributed by atoms with Crippen LogP contribution in [0, 0.1) is 0 Å². The predicted molar refractivity (Wildman–Crippen MR) is 90.2 cm³/mol. The summed E-state index contributed by atoms with van der Waals surface area (Å²) in [5, 5.41) is 4.03. The Labute approximate surface area is 125 Å². The number of rotatable bonds is 10. The average molecular weight is 286 g/mol. The monoisotopic (exact) mass is 285 g/mol. The third-order valence-corrected chi connectivity index (χ3v) is 5.49. The van der Waals surface area contributed by atoms with Gasteiger partial charge in [-0.3, -0.25) is 0 Å². The lowest BCUT2D eigenvalue weighted by Gasteiger charge is -2.37. The van der Waals surface area contributed by atoms with Crippen molar-refractivity contribution >= 4 is 11.8 Å². The molecule has 19 heavy (non-hydrogen) atoms. The minimum absolute atomic E-state index is 0.399. The number of hydrogen-bond donors (Lipinski definition) is 1. The molecule has 0 amide bonds. The number of thioether (sulfide) groups is 1. The molecule has 1 atom stereocenters. The summed E-state index contributed by atoms with van der Waals surface area (Å²) in [4.78, 5) is 0. The Kier molecular flexibility index (Phi) is 9.23. The molecule has 1 fully saturated rings. The van der Waals surface area contributed by atoms with Crippen molar-refractivity contribution in [3.63, 3.8) is 0 Å². The second-order valence-electron chi connectivity index (χ2n) is 6.51. The Morgan fingerprint density at radius 2 is 1.58 bits per heavy atom. The van der Waals surface area contributed by atoms with E-state index >= 15 is 0 Å². The van der Waals surface area contributed by atoms with E-state index in [4.69, 9.17) is 0 Å². The molecule has 0 radical (unpaired) electrons. The summed E-state index contributed by atoms with van der Waals surface area (Å²) in [7, 11) is 0. The van der Waals surface area contributed by atoms with Crippen molar-refractivity contribution < 1.29 is 0 Å². The maximum absolute atomic E-state index is 4.03. The number of hydrogen-bond acceptors (Lipinski definition) is 2. The quantitative estimate of drug-likeness (QED) is 0.540. The van der Waals surface area contributed by atoms with Gasteiger partial charge in [-0.15, -0.1) is 0 Å². The van der Waals surface area contributed by atoms with Gasteiger partial charge < -0.3 is 5.32 Å². The zero-order valence-corrected chi connectivity index (χ0v) is 14.3. The number of unbranched alkanes of at least 4 members (excludes halogenated alkanes) is 4. The fraction of sp³-hybridized carbons (Fsp3) is 1.00. The molecule has 0 aromatic heterocycles. The predicted octanol–water partition coefficient (Wildman–Crippen LogP) is 5.39. The summed E-state index contributed by atoms with van der Waals surface area (Å²) in [6, 6.07) is 0.786. The lowest BCUT2D eigenvalue weighted by atomic mass is 9.87. The number of nitrogens with one attached hydrogen (secondary N) is 1. The van der Waals surface area contributed by atoms with Gasteiger partial charge in [-0.05, 0) is 44.1 Å². The van der Waals surface area contributed by atoms with Crippen LogP contribution < -0.4 is 5.32 Å². The first-order valence-electron chi connectivity index (χ1n) is 8.55. The lowest BCUT2D eigenvalue weighted by Crippen LogP contribution is -2.49. The minimum Gasteiger partial charge on any atom is -0.309 e. The third-order valence-electron chi connectivity index (χ3n) is 4.44. The SMILES string of the molecule is CCCCCCC(C)(CCCC)NC1CCSCC1. The standard InChI is InChI=1S/C17H35NS/c1-4-6-8-9-13-17(3,12-7-5-2)18-16-10-14-19-15-11-16/h16,18H,4-15H2,1-3H3. The first-order valence-corrected chi connectivity index (χ1v) is 9.71. The average Bonchev–Trinajstić information content (AvgIpc) is 2.43. The molecule has 2 heteroatoms. The van der Waals surface area contributed by atoms with Gasteiger partial charge in [-0.2, -0.15) is 11.8 Å². The van der Waals surface area contributed by atoms with Crippen LogP contribution in [-0.2, 0) is 0 Å². The van der Waals surface area contributed by atoms with Crippen molar-refractivity contribution in [1.29, 1.82) is 0 Å². The Morgan fingerprint density at radius 3 is 2.21 bits per heavy atom. The summed E-state index contributed by atoms with van der Waals surface area (Å²) in [6.07, 6.45) is 13.8. The maximum atomic E-state index is 4.03. The van der Waals surface area contributed by atoms with Crippen molar-refractivity contribution in [2.45, 2.75) is 96.6 Å². The Bertz CT molecular complexity index is 213. The molecule has 0 aromatic rings. The second kappa shape index (κ2) is 10.1. The van der Waals surface area contributed by atoms with E-state index < -0.39 is 0 Å². The van der Waals surface area contributed by atoms with Gasteiger partial charge in [0.1, 0.15) is 0 Å². The van der Waals surface area contributed by atoms with Crippen molar-refractivity contribution in [3.8, 4) is 0 Å². The van der Waals surface area contributed by atoms with Crippen LogP contribution in [0.25, 0.3) is 0 Å². The highest BCUT2D eigenvalue weighted by Gasteiger charge is 2.27.